The van der Waals surface area contributed by atoms with E-state index in [1.807, 2.05) is 39.1 Å². The van der Waals surface area contributed by atoms with Crippen LogP contribution in [0.5, 0.6) is 0 Å². The van der Waals surface area contributed by atoms with Crippen LogP contribution in [0.25, 0.3) is 10.6 Å². The minimum atomic E-state index is 0.977. The molecule has 0 fully saturated rings. The van der Waals surface area contributed by atoms with Crippen LogP contribution >= 0.6 is 11.3 Å². The molecule has 4 heteroatoms. The summed E-state index contributed by atoms with van der Waals surface area (Å²) in [5.74, 6) is 0. The van der Waals surface area contributed by atoms with E-state index in [1.165, 1.54) is 0 Å². The van der Waals surface area contributed by atoms with Crippen LogP contribution in [0, 0.1) is 6.92 Å². The summed E-state index contributed by atoms with van der Waals surface area (Å²) in [7, 11) is 0. The molecule has 0 spiro atoms. The van der Waals surface area contributed by atoms with E-state index < -0.39 is 0 Å². The van der Waals surface area contributed by atoms with Gasteiger partial charge in [0.2, 0.25) is 0 Å². The van der Waals surface area contributed by atoms with Crippen molar-refractivity contribution in [1.29, 1.82) is 0 Å². The lowest BCUT2D eigenvalue weighted by atomic mass is 10.3. The van der Waals surface area contributed by atoms with Crippen molar-refractivity contribution >= 4 is 22.0 Å². The Morgan fingerprint density at radius 3 is 2.81 bits per heavy atom. The average molecular weight is 231 g/mol. The maximum atomic E-state index is 4.51. The van der Waals surface area contributed by atoms with Crippen molar-refractivity contribution in [2.75, 3.05) is 0 Å². The Morgan fingerprint density at radius 1 is 1.38 bits per heavy atom. The fraction of sp³-hybridized carbons (Fsp3) is 0.250. The number of nitrogens with zero attached hydrogens (tertiary/aromatic N) is 3. The molecule has 0 aliphatic carbocycles. The molecule has 82 valence electrons. The third kappa shape index (κ3) is 2.33. The Kier molecular flexibility index (Phi) is 3.10. The second-order valence-corrected chi connectivity index (χ2v) is 4.69. The number of hydrogen-bond acceptors (Lipinski definition) is 4. The number of hydrogen-bond donors (Lipinski definition) is 0. The van der Waals surface area contributed by atoms with E-state index in [2.05, 4.69) is 15.0 Å². The Labute approximate surface area is 98.9 Å². The van der Waals surface area contributed by atoms with E-state index in [9.17, 15) is 0 Å². The van der Waals surface area contributed by atoms with Crippen LogP contribution < -0.4 is 0 Å². The summed E-state index contributed by atoms with van der Waals surface area (Å²) in [6.45, 7) is 5.96. The highest BCUT2D eigenvalue weighted by Crippen LogP contribution is 2.33. The molecule has 2 aromatic rings. The van der Waals surface area contributed by atoms with E-state index in [0.29, 0.717) is 0 Å². The van der Waals surface area contributed by atoms with Gasteiger partial charge in [-0.3, -0.25) is 4.98 Å². The fourth-order valence-electron chi connectivity index (χ4n) is 1.31. The first-order valence-corrected chi connectivity index (χ1v) is 5.88. The molecule has 2 aromatic heterocycles. The van der Waals surface area contributed by atoms with Crippen LogP contribution in [-0.2, 0) is 0 Å². The maximum Gasteiger partial charge on any atom is 0.139 e. The smallest absolute Gasteiger partial charge is 0.139 e. The minimum absolute atomic E-state index is 0.977. The second kappa shape index (κ2) is 4.53. The molecule has 2 heterocycles. The van der Waals surface area contributed by atoms with Crippen LogP contribution in [0.4, 0.5) is 5.00 Å². The summed E-state index contributed by atoms with van der Waals surface area (Å²) >= 11 is 1.60. The second-order valence-electron chi connectivity index (χ2n) is 3.71. The Bertz CT molecular complexity index is 510. The number of aryl methyl sites for hydroxylation is 1. The predicted octanol–water partition coefficient (Wildman–Crippen LogP) is 3.63. The van der Waals surface area contributed by atoms with Crippen LogP contribution in [0.2, 0.25) is 0 Å². The minimum Gasteiger partial charge on any atom is -0.264 e. The number of thiazole rings is 1. The number of aliphatic imine (C=N–C) groups is 1. The van der Waals surface area contributed by atoms with Gasteiger partial charge in [-0.05, 0) is 32.9 Å². The molecule has 16 heavy (non-hydrogen) atoms. The first-order valence-electron chi connectivity index (χ1n) is 5.06. The fourth-order valence-corrected chi connectivity index (χ4v) is 2.33. The predicted molar refractivity (Wildman–Crippen MR) is 68.5 cm³/mol. The number of rotatable bonds is 2. The van der Waals surface area contributed by atoms with E-state index in [1.54, 1.807) is 17.5 Å². The van der Waals surface area contributed by atoms with Gasteiger partial charge in [-0.2, -0.15) is 0 Å². The topological polar surface area (TPSA) is 38.1 Å². The average Bonchev–Trinajstić information content (AvgIpc) is 2.61. The van der Waals surface area contributed by atoms with Gasteiger partial charge in [0.1, 0.15) is 10.0 Å². The highest BCUT2D eigenvalue weighted by molar-refractivity contribution is 7.18. The third-order valence-electron chi connectivity index (χ3n) is 2.01. The molecule has 0 saturated heterocycles. The van der Waals surface area contributed by atoms with E-state index >= 15 is 0 Å². The van der Waals surface area contributed by atoms with E-state index in [-0.39, 0.29) is 0 Å². The lowest BCUT2D eigenvalue weighted by Crippen LogP contribution is -1.78. The highest BCUT2D eigenvalue weighted by atomic mass is 32.1. The van der Waals surface area contributed by atoms with Crippen molar-refractivity contribution in [1.82, 2.24) is 9.97 Å². The van der Waals surface area contributed by atoms with Crippen LogP contribution in [0.3, 0.4) is 0 Å². The van der Waals surface area contributed by atoms with Crippen molar-refractivity contribution in [3.05, 3.63) is 30.2 Å². The molecule has 0 aromatic carbocycles. The summed E-state index contributed by atoms with van der Waals surface area (Å²) in [4.78, 5) is 13.1. The van der Waals surface area contributed by atoms with Gasteiger partial charge in [-0.1, -0.05) is 11.3 Å². The molecular weight excluding hydrogens is 218 g/mol. The van der Waals surface area contributed by atoms with Crippen LogP contribution in [-0.4, -0.2) is 15.7 Å². The van der Waals surface area contributed by atoms with Crippen LogP contribution in [0.15, 0.2) is 29.5 Å². The van der Waals surface area contributed by atoms with Gasteiger partial charge in [-0.25, -0.2) is 9.98 Å². The molecule has 0 N–H and O–H groups in total. The first kappa shape index (κ1) is 11.0. The Hall–Kier alpha value is -1.55. The molecule has 2 rings (SSSR count). The van der Waals surface area contributed by atoms with Gasteiger partial charge in [-0.15, -0.1) is 0 Å². The lowest BCUT2D eigenvalue weighted by Gasteiger charge is -1.91. The van der Waals surface area contributed by atoms with Gasteiger partial charge >= 0.3 is 0 Å². The molecule has 0 aliphatic rings. The summed E-state index contributed by atoms with van der Waals surface area (Å²) in [6, 6.07) is 3.93. The van der Waals surface area contributed by atoms with E-state index in [0.717, 1.165) is 27.0 Å². The van der Waals surface area contributed by atoms with Gasteiger partial charge in [0.25, 0.3) is 0 Å². The van der Waals surface area contributed by atoms with Gasteiger partial charge in [0.15, 0.2) is 0 Å². The molecule has 3 nitrogen and oxygen atoms in total. The lowest BCUT2D eigenvalue weighted by molar-refractivity contribution is 1.24. The normalized spacial score (nSPS) is 10.2. The Balaban J connectivity index is 2.42. The van der Waals surface area contributed by atoms with Crippen molar-refractivity contribution in [2.24, 2.45) is 4.99 Å². The monoisotopic (exact) mass is 231 g/mol. The molecule has 0 atom stereocenters. The summed E-state index contributed by atoms with van der Waals surface area (Å²) < 4.78 is 0. The van der Waals surface area contributed by atoms with Gasteiger partial charge < -0.3 is 0 Å². The SMILES string of the molecule is CC(C)=Nc1sc(-c2cccnc2)nc1C. The first-order chi connectivity index (χ1) is 7.66. The highest BCUT2D eigenvalue weighted by Gasteiger charge is 2.08. The van der Waals surface area contributed by atoms with Gasteiger partial charge in [0, 0.05) is 23.7 Å². The summed E-state index contributed by atoms with van der Waals surface area (Å²) in [6.07, 6.45) is 3.59. The molecular formula is C12H13N3S. The summed E-state index contributed by atoms with van der Waals surface area (Å²) in [5.41, 5.74) is 3.07. The number of pyridine rings is 1. The zero-order valence-electron chi connectivity index (χ0n) is 9.56. The standard InChI is InChI=1S/C12H13N3S/c1-8(2)14-11-9(3)15-12(16-11)10-5-4-6-13-7-10/h4-7H,1-3H3. The molecule has 0 radical (unpaired) electrons. The number of aromatic nitrogens is 2. The van der Waals surface area contributed by atoms with Gasteiger partial charge in [0.05, 0.1) is 5.69 Å². The zero-order valence-corrected chi connectivity index (χ0v) is 10.4. The molecule has 0 aliphatic heterocycles. The molecule has 0 amide bonds. The quantitative estimate of drug-likeness (QED) is 0.740. The zero-order chi connectivity index (χ0) is 11.5. The van der Waals surface area contributed by atoms with E-state index in [4.69, 9.17) is 0 Å². The largest absolute Gasteiger partial charge is 0.264 e. The van der Waals surface area contributed by atoms with Crippen molar-refractivity contribution < 1.29 is 0 Å². The van der Waals surface area contributed by atoms with Crippen molar-refractivity contribution in [2.45, 2.75) is 20.8 Å². The van der Waals surface area contributed by atoms with Crippen LogP contribution in [0.1, 0.15) is 19.5 Å². The van der Waals surface area contributed by atoms with Crippen molar-refractivity contribution in [3.63, 3.8) is 0 Å². The van der Waals surface area contributed by atoms with Crippen molar-refractivity contribution in [3.8, 4) is 10.6 Å². The third-order valence-corrected chi connectivity index (χ3v) is 3.11. The maximum absolute atomic E-state index is 4.51. The Morgan fingerprint density at radius 2 is 2.19 bits per heavy atom. The summed E-state index contributed by atoms with van der Waals surface area (Å²) in [5, 5.41) is 1.96. The molecule has 0 saturated carbocycles. The molecule has 0 bridgehead atoms. The molecule has 0 unspecified atom stereocenters.